The Kier molecular flexibility index (Phi) is 3.61. The lowest BCUT2D eigenvalue weighted by atomic mass is 10.2. The second-order valence-electron chi connectivity index (χ2n) is 4.32. The van der Waals surface area contributed by atoms with E-state index in [0.29, 0.717) is 12.2 Å². The summed E-state index contributed by atoms with van der Waals surface area (Å²) in [6.07, 6.45) is 0. The van der Waals surface area contributed by atoms with Crippen LogP contribution in [0.15, 0.2) is 24.3 Å². The van der Waals surface area contributed by atoms with Crippen LogP contribution in [0.5, 0.6) is 0 Å². The fourth-order valence-corrected chi connectivity index (χ4v) is 4.49. The standard InChI is InChI=1S/C11H15ClN2O2S/c12-10-6-17(15,16)7-11(10)14-5-8-1-3-9(13)4-2-8/h1-4,10-11,14H,5-7,13H2/t10-,11-/m1/s1. The van der Waals surface area contributed by atoms with Gasteiger partial charge in [0.15, 0.2) is 9.84 Å². The molecule has 6 heteroatoms. The van der Waals surface area contributed by atoms with E-state index in [1.165, 1.54) is 0 Å². The lowest BCUT2D eigenvalue weighted by molar-refractivity contribution is 0.558. The van der Waals surface area contributed by atoms with Gasteiger partial charge in [0.25, 0.3) is 0 Å². The van der Waals surface area contributed by atoms with E-state index in [-0.39, 0.29) is 22.9 Å². The SMILES string of the molecule is Nc1ccc(CN[C@@H]2CS(=O)(=O)C[C@H]2Cl)cc1. The van der Waals surface area contributed by atoms with Crippen molar-refractivity contribution in [2.75, 3.05) is 17.2 Å². The van der Waals surface area contributed by atoms with Crippen molar-refractivity contribution in [3.8, 4) is 0 Å². The van der Waals surface area contributed by atoms with E-state index in [2.05, 4.69) is 5.32 Å². The number of hydrogen-bond donors (Lipinski definition) is 2. The van der Waals surface area contributed by atoms with Crippen molar-refractivity contribution in [2.45, 2.75) is 18.0 Å². The molecule has 4 nitrogen and oxygen atoms in total. The van der Waals surface area contributed by atoms with Gasteiger partial charge in [-0.3, -0.25) is 0 Å². The van der Waals surface area contributed by atoms with Crippen LogP contribution in [0, 0.1) is 0 Å². The maximum atomic E-state index is 11.4. The van der Waals surface area contributed by atoms with Gasteiger partial charge in [0.2, 0.25) is 0 Å². The van der Waals surface area contributed by atoms with Gasteiger partial charge >= 0.3 is 0 Å². The average molecular weight is 275 g/mol. The van der Waals surface area contributed by atoms with Crippen LogP contribution in [0.1, 0.15) is 5.56 Å². The molecule has 0 bridgehead atoms. The summed E-state index contributed by atoms with van der Waals surface area (Å²) < 4.78 is 22.7. The van der Waals surface area contributed by atoms with Gasteiger partial charge in [0.1, 0.15) is 0 Å². The fourth-order valence-electron chi connectivity index (χ4n) is 1.88. The van der Waals surface area contributed by atoms with Crippen molar-refractivity contribution in [3.05, 3.63) is 29.8 Å². The highest BCUT2D eigenvalue weighted by Gasteiger charge is 2.35. The summed E-state index contributed by atoms with van der Waals surface area (Å²) in [5.41, 5.74) is 7.36. The number of anilines is 1. The van der Waals surface area contributed by atoms with Crippen LogP contribution in [-0.4, -0.2) is 31.3 Å². The van der Waals surface area contributed by atoms with Gasteiger partial charge in [-0.15, -0.1) is 11.6 Å². The minimum atomic E-state index is -2.97. The van der Waals surface area contributed by atoms with Gasteiger partial charge < -0.3 is 11.1 Å². The molecule has 1 heterocycles. The van der Waals surface area contributed by atoms with Crippen molar-refractivity contribution in [1.29, 1.82) is 0 Å². The Morgan fingerprint density at radius 2 is 1.94 bits per heavy atom. The molecule has 0 spiro atoms. The van der Waals surface area contributed by atoms with Gasteiger partial charge in [0.05, 0.1) is 16.9 Å². The Labute approximate surface area is 106 Å². The Bertz CT molecular complexity index is 487. The smallest absolute Gasteiger partial charge is 0.153 e. The number of alkyl halides is 1. The second kappa shape index (κ2) is 4.84. The van der Waals surface area contributed by atoms with Crippen molar-refractivity contribution in [3.63, 3.8) is 0 Å². The molecule has 0 aliphatic carbocycles. The highest BCUT2D eigenvalue weighted by atomic mass is 35.5. The third-order valence-electron chi connectivity index (χ3n) is 2.83. The van der Waals surface area contributed by atoms with Gasteiger partial charge in [-0.1, -0.05) is 12.1 Å². The number of nitrogen functional groups attached to an aromatic ring is 1. The van der Waals surface area contributed by atoms with E-state index < -0.39 is 9.84 Å². The molecule has 1 fully saturated rings. The summed E-state index contributed by atoms with van der Waals surface area (Å²) in [7, 11) is -2.97. The summed E-state index contributed by atoms with van der Waals surface area (Å²) in [6.45, 7) is 0.601. The fraction of sp³-hybridized carbons (Fsp3) is 0.455. The Hall–Kier alpha value is -0.780. The van der Waals surface area contributed by atoms with E-state index in [0.717, 1.165) is 5.56 Å². The summed E-state index contributed by atoms with van der Waals surface area (Å²) in [4.78, 5) is 0. The molecule has 17 heavy (non-hydrogen) atoms. The molecule has 1 aliphatic rings. The monoisotopic (exact) mass is 274 g/mol. The Morgan fingerprint density at radius 1 is 1.29 bits per heavy atom. The predicted octanol–water partition coefficient (Wildman–Crippen LogP) is 0.763. The third-order valence-corrected chi connectivity index (χ3v) is 5.21. The molecule has 0 amide bonds. The summed E-state index contributed by atoms with van der Waals surface area (Å²) in [5, 5.41) is 2.83. The molecule has 0 radical (unpaired) electrons. The normalized spacial score (nSPS) is 27.1. The first-order valence-corrected chi connectivity index (χ1v) is 7.64. The van der Waals surface area contributed by atoms with E-state index in [1.807, 2.05) is 24.3 Å². The first kappa shape index (κ1) is 12.7. The largest absolute Gasteiger partial charge is 0.399 e. The lowest BCUT2D eigenvalue weighted by Gasteiger charge is -2.14. The quantitative estimate of drug-likeness (QED) is 0.631. The minimum Gasteiger partial charge on any atom is -0.399 e. The molecule has 0 unspecified atom stereocenters. The van der Waals surface area contributed by atoms with E-state index in [9.17, 15) is 8.42 Å². The molecular weight excluding hydrogens is 260 g/mol. The molecule has 3 N–H and O–H groups in total. The molecule has 2 atom stereocenters. The van der Waals surface area contributed by atoms with Crippen LogP contribution < -0.4 is 11.1 Å². The van der Waals surface area contributed by atoms with Gasteiger partial charge in [-0.2, -0.15) is 0 Å². The van der Waals surface area contributed by atoms with Gasteiger partial charge in [-0.05, 0) is 17.7 Å². The first-order chi connectivity index (χ1) is 7.96. The molecule has 1 aromatic carbocycles. The van der Waals surface area contributed by atoms with E-state index in [4.69, 9.17) is 17.3 Å². The highest BCUT2D eigenvalue weighted by Crippen LogP contribution is 2.18. The molecule has 94 valence electrons. The Balaban J connectivity index is 1.93. The number of benzene rings is 1. The molecule has 0 saturated carbocycles. The number of rotatable bonds is 3. The van der Waals surface area contributed by atoms with E-state index in [1.54, 1.807) is 0 Å². The minimum absolute atomic E-state index is 0.0635. The van der Waals surface area contributed by atoms with Gasteiger partial charge in [0, 0.05) is 18.3 Å². The van der Waals surface area contributed by atoms with Crippen molar-refractivity contribution in [2.24, 2.45) is 0 Å². The molecular formula is C11H15ClN2O2S. The molecule has 1 saturated heterocycles. The number of hydrogen-bond acceptors (Lipinski definition) is 4. The highest BCUT2D eigenvalue weighted by molar-refractivity contribution is 7.91. The second-order valence-corrected chi connectivity index (χ2v) is 7.04. The maximum absolute atomic E-state index is 11.4. The molecule has 1 aromatic rings. The van der Waals surface area contributed by atoms with Crippen molar-refractivity contribution in [1.82, 2.24) is 5.32 Å². The maximum Gasteiger partial charge on any atom is 0.153 e. The zero-order chi connectivity index (χ0) is 12.5. The first-order valence-electron chi connectivity index (χ1n) is 5.38. The predicted molar refractivity (Wildman–Crippen MR) is 69.8 cm³/mol. The average Bonchev–Trinajstić information content (AvgIpc) is 2.51. The van der Waals surface area contributed by atoms with Gasteiger partial charge in [-0.25, -0.2) is 8.42 Å². The summed E-state index contributed by atoms with van der Waals surface area (Å²) in [5.74, 6) is 0.185. The van der Waals surface area contributed by atoms with Crippen molar-refractivity contribution < 1.29 is 8.42 Å². The third kappa shape index (κ3) is 3.34. The number of nitrogens with one attached hydrogen (secondary N) is 1. The summed E-state index contributed by atoms with van der Waals surface area (Å²) >= 11 is 5.99. The molecule has 2 rings (SSSR count). The topological polar surface area (TPSA) is 72.2 Å². The van der Waals surface area contributed by atoms with Crippen molar-refractivity contribution >= 4 is 27.1 Å². The van der Waals surface area contributed by atoms with Crippen LogP contribution in [0.2, 0.25) is 0 Å². The van der Waals surface area contributed by atoms with Crippen LogP contribution >= 0.6 is 11.6 Å². The zero-order valence-corrected chi connectivity index (χ0v) is 10.8. The molecule has 0 aromatic heterocycles. The van der Waals surface area contributed by atoms with Crippen LogP contribution in [0.4, 0.5) is 5.69 Å². The summed E-state index contributed by atoms with van der Waals surface area (Å²) in [6, 6.07) is 7.30. The van der Waals surface area contributed by atoms with E-state index >= 15 is 0 Å². The number of nitrogens with two attached hydrogens (primary N) is 1. The van der Waals surface area contributed by atoms with Crippen LogP contribution in [0.25, 0.3) is 0 Å². The number of halogens is 1. The van der Waals surface area contributed by atoms with Crippen LogP contribution in [0.3, 0.4) is 0 Å². The number of sulfone groups is 1. The zero-order valence-electron chi connectivity index (χ0n) is 9.27. The lowest BCUT2D eigenvalue weighted by Crippen LogP contribution is -2.35. The van der Waals surface area contributed by atoms with Crippen LogP contribution in [-0.2, 0) is 16.4 Å². The Morgan fingerprint density at radius 3 is 2.47 bits per heavy atom. The molecule has 1 aliphatic heterocycles.